The second kappa shape index (κ2) is 12.0. The summed E-state index contributed by atoms with van der Waals surface area (Å²) in [5, 5.41) is 22.9. The molecule has 0 spiro atoms. The van der Waals surface area contributed by atoms with Gasteiger partial charge in [0.1, 0.15) is 36.1 Å². The number of ether oxygens (including phenoxy) is 2. The topological polar surface area (TPSA) is 127 Å². The summed E-state index contributed by atoms with van der Waals surface area (Å²) >= 11 is 0. The van der Waals surface area contributed by atoms with E-state index in [-0.39, 0.29) is 49.0 Å². The first-order valence-electron chi connectivity index (χ1n) is 13.0. The number of nitrogens with one attached hydrogen (secondary N) is 1. The molecule has 0 saturated heterocycles. The highest BCUT2D eigenvalue weighted by atomic mass is 19.4. The third-order valence-electron chi connectivity index (χ3n) is 6.96. The summed E-state index contributed by atoms with van der Waals surface area (Å²) in [6, 6.07) is 6.43. The lowest BCUT2D eigenvalue weighted by molar-refractivity contribution is -0.179. The molecule has 1 aromatic heterocycles. The minimum atomic E-state index is -4.83. The van der Waals surface area contributed by atoms with E-state index in [2.05, 4.69) is 10.3 Å². The van der Waals surface area contributed by atoms with Crippen LogP contribution in [0.5, 0.6) is 5.75 Å². The smallest absolute Gasteiger partial charge is 0.392 e. The predicted octanol–water partition coefficient (Wildman–Crippen LogP) is 3.88. The number of nitrogens with zero attached hydrogens (tertiary/aromatic N) is 1. The number of nitrogens with two attached hydrogens (primary N) is 1. The van der Waals surface area contributed by atoms with Gasteiger partial charge in [0.2, 0.25) is 5.91 Å². The Morgan fingerprint density at radius 3 is 2.63 bits per heavy atom. The number of hydrogen-bond donors (Lipinski definition) is 4. The Morgan fingerprint density at radius 2 is 1.98 bits per heavy atom. The van der Waals surface area contributed by atoms with E-state index in [1.165, 1.54) is 42.5 Å². The van der Waals surface area contributed by atoms with Crippen LogP contribution in [0, 0.1) is 5.82 Å². The molecule has 2 aliphatic rings. The van der Waals surface area contributed by atoms with Gasteiger partial charge in [0, 0.05) is 16.7 Å². The Bertz CT molecular complexity index is 1370. The molecule has 0 radical (unpaired) electrons. The third kappa shape index (κ3) is 6.95. The number of fused-ring (bicyclic) bond motifs is 1. The monoisotopic (exact) mass is 577 g/mol. The van der Waals surface area contributed by atoms with E-state index < -0.39 is 42.0 Å². The van der Waals surface area contributed by atoms with E-state index in [9.17, 15) is 27.5 Å². The zero-order valence-electron chi connectivity index (χ0n) is 22.3. The number of rotatable bonds is 10. The van der Waals surface area contributed by atoms with E-state index in [0.717, 1.165) is 0 Å². The van der Waals surface area contributed by atoms with Gasteiger partial charge >= 0.3 is 6.18 Å². The number of carbonyl (C=O) groups excluding carboxylic acids is 1. The van der Waals surface area contributed by atoms with Crippen molar-refractivity contribution in [2.24, 2.45) is 5.73 Å². The summed E-state index contributed by atoms with van der Waals surface area (Å²) in [7, 11) is 0. The van der Waals surface area contributed by atoms with Crippen molar-refractivity contribution >= 4 is 5.91 Å². The fourth-order valence-corrected chi connectivity index (χ4v) is 4.61. The van der Waals surface area contributed by atoms with Crippen LogP contribution in [-0.2, 0) is 20.7 Å². The van der Waals surface area contributed by atoms with Crippen LogP contribution >= 0.6 is 0 Å². The number of aliphatic hydroxyl groups is 2. The van der Waals surface area contributed by atoms with Crippen molar-refractivity contribution in [3.05, 3.63) is 83.0 Å². The highest BCUT2D eigenvalue weighted by Gasteiger charge is 2.46. The van der Waals surface area contributed by atoms with Crippen LogP contribution in [0.1, 0.15) is 37.4 Å². The van der Waals surface area contributed by atoms with Gasteiger partial charge in [0.25, 0.3) is 0 Å². The van der Waals surface area contributed by atoms with Crippen LogP contribution in [0.2, 0.25) is 0 Å². The molecule has 0 saturated carbocycles. The third-order valence-corrected chi connectivity index (χ3v) is 6.96. The molecule has 5 N–H and O–H groups in total. The summed E-state index contributed by atoms with van der Waals surface area (Å²) in [6.45, 7) is 0.864. The van der Waals surface area contributed by atoms with Gasteiger partial charge in [0.15, 0.2) is 5.75 Å². The maximum absolute atomic E-state index is 13.8. The van der Waals surface area contributed by atoms with Crippen LogP contribution in [0.3, 0.4) is 0 Å². The average Bonchev–Trinajstić information content (AvgIpc) is 3.10. The SMILES string of the molecule is CC[C@]1(N)COc2c1cc([C@@](O)(CNC(=O)C1=CC=C(OCCO)C=CC1)CC(F)(F)F)nc2-c1ccc(F)cc1. The number of carbonyl (C=O) groups is 1. The fraction of sp³-hybridized carbons (Fsp3) is 0.379. The Hall–Kier alpha value is -3.74. The maximum atomic E-state index is 13.8. The zero-order valence-corrected chi connectivity index (χ0v) is 22.3. The zero-order chi connectivity index (χ0) is 29.8. The van der Waals surface area contributed by atoms with E-state index in [0.29, 0.717) is 23.3 Å². The standard InChI is InChI=1S/C29H31F4N3O5/c1-2-27(34)17-41-25-22(27)14-23(36-24(25)18-6-9-20(30)10-7-18)28(39,15-29(31,32)33)16-35-26(38)19-4-3-5-21(11-8-19)40-13-12-37/h3,5-11,14,37,39H,2,4,12-13,15-17,34H2,1H3,(H,35,38)/t27-,28-/m0/s1. The largest absolute Gasteiger partial charge is 0.491 e. The summed E-state index contributed by atoms with van der Waals surface area (Å²) in [4.78, 5) is 17.3. The lowest BCUT2D eigenvalue weighted by Gasteiger charge is -2.31. The first-order chi connectivity index (χ1) is 19.4. The van der Waals surface area contributed by atoms with Crippen molar-refractivity contribution in [3.63, 3.8) is 0 Å². The van der Waals surface area contributed by atoms with Gasteiger partial charge in [0.05, 0.1) is 30.8 Å². The van der Waals surface area contributed by atoms with Crippen LogP contribution < -0.4 is 15.8 Å². The molecule has 1 amide bonds. The molecule has 0 bridgehead atoms. The molecule has 8 nitrogen and oxygen atoms in total. The number of halogens is 4. The number of aromatic nitrogens is 1. The van der Waals surface area contributed by atoms with Gasteiger partial charge in [-0.25, -0.2) is 9.37 Å². The minimum Gasteiger partial charge on any atom is -0.491 e. The van der Waals surface area contributed by atoms with Crippen LogP contribution in [-0.4, -0.2) is 53.6 Å². The normalized spacial score (nSPS) is 19.8. The summed E-state index contributed by atoms with van der Waals surface area (Å²) in [6.07, 6.45) is 0.173. The van der Waals surface area contributed by atoms with Crippen molar-refractivity contribution < 1.29 is 42.0 Å². The molecule has 2 heterocycles. The molecule has 0 unspecified atom stereocenters. The van der Waals surface area contributed by atoms with Crippen LogP contribution in [0.15, 0.2) is 66.0 Å². The number of hydrogen-bond acceptors (Lipinski definition) is 7. The Balaban J connectivity index is 1.71. The molecule has 0 fully saturated rings. The highest BCUT2D eigenvalue weighted by molar-refractivity contribution is 5.94. The Labute approximate surface area is 234 Å². The molecule has 41 heavy (non-hydrogen) atoms. The molecule has 4 rings (SSSR count). The van der Waals surface area contributed by atoms with E-state index in [1.807, 2.05) is 0 Å². The van der Waals surface area contributed by atoms with Crippen molar-refractivity contribution in [3.8, 4) is 17.0 Å². The number of alkyl halides is 3. The minimum absolute atomic E-state index is 0.0335. The van der Waals surface area contributed by atoms with Gasteiger partial charge in [-0.1, -0.05) is 13.0 Å². The quantitative estimate of drug-likeness (QED) is 0.316. The lowest BCUT2D eigenvalue weighted by atomic mass is 9.86. The van der Waals surface area contributed by atoms with E-state index >= 15 is 0 Å². The molecular weight excluding hydrogens is 546 g/mol. The van der Waals surface area contributed by atoms with Crippen molar-refractivity contribution in [1.29, 1.82) is 0 Å². The molecule has 220 valence electrons. The molecule has 2 atom stereocenters. The molecular formula is C29H31F4N3O5. The predicted molar refractivity (Wildman–Crippen MR) is 142 cm³/mol. The van der Waals surface area contributed by atoms with Gasteiger partial charge < -0.3 is 30.7 Å². The number of allylic oxidation sites excluding steroid dienone is 4. The number of amides is 1. The molecule has 1 aliphatic heterocycles. The molecule has 2 aromatic rings. The van der Waals surface area contributed by atoms with Gasteiger partial charge in [-0.3, -0.25) is 4.79 Å². The second-order valence-electron chi connectivity index (χ2n) is 9.98. The maximum Gasteiger partial charge on any atom is 0.392 e. The van der Waals surface area contributed by atoms with Gasteiger partial charge in [-0.2, -0.15) is 13.2 Å². The van der Waals surface area contributed by atoms with E-state index in [1.54, 1.807) is 19.1 Å². The first-order valence-corrected chi connectivity index (χ1v) is 13.0. The fourth-order valence-electron chi connectivity index (χ4n) is 4.61. The molecule has 1 aromatic carbocycles. The van der Waals surface area contributed by atoms with Crippen molar-refractivity contribution in [2.45, 2.75) is 43.5 Å². The Kier molecular flexibility index (Phi) is 8.86. The van der Waals surface area contributed by atoms with Crippen molar-refractivity contribution in [1.82, 2.24) is 10.3 Å². The molecule has 12 heteroatoms. The molecule has 1 aliphatic carbocycles. The van der Waals surface area contributed by atoms with Crippen LogP contribution in [0.25, 0.3) is 11.3 Å². The second-order valence-corrected chi connectivity index (χ2v) is 9.98. The number of pyridine rings is 1. The van der Waals surface area contributed by atoms with Gasteiger partial charge in [-0.05, 0) is 61.4 Å². The lowest BCUT2D eigenvalue weighted by Crippen LogP contribution is -2.45. The highest BCUT2D eigenvalue weighted by Crippen LogP contribution is 2.46. The summed E-state index contributed by atoms with van der Waals surface area (Å²) in [5.74, 6) is -0.580. The first kappa shape index (κ1) is 30.2. The summed E-state index contributed by atoms with van der Waals surface area (Å²) < 4.78 is 66.2. The average molecular weight is 578 g/mol. The van der Waals surface area contributed by atoms with Crippen LogP contribution in [0.4, 0.5) is 17.6 Å². The van der Waals surface area contributed by atoms with Gasteiger partial charge in [-0.15, -0.1) is 0 Å². The van der Waals surface area contributed by atoms with E-state index in [4.69, 9.17) is 20.3 Å². The number of aliphatic hydroxyl groups excluding tert-OH is 1. The van der Waals surface area contributed by atoms with Crippen molar-refractivity contribution in [2.75, 3.05) is 26.4 Å². The Morgan fingerprint density at radius 1 is 1.24 bits per heavy atom. The number of benzene rings is 1. The summed E-state index contributed by atoms with van der Waals surface area (Å²) in [5.41, 5.74) is 3.44.